The molecule has 1 amide bonds. The van der Waals surface area contributed by atoms with Crippen LogP contribution < -0.4 is 5.32 Å². The van der Waals surface area contributed by atoms with Crippen LogP contribution in [0.2, 0.25) is 0 Å². The molecular formula is C23H26Cl2N4OS. The first kappa shape index (κ1) is 23.7. The highest BCUT2D eigenvalue weighted by atomic mass is 35.5. The number of carbonyl (C=O) groups is 1. The molecule has 1 saturated heterocycles. The van der Waals surface area contributed by atoms with Gasteiger partial charge in [0.15, 0.2) is 0 Å². The van der Waals surface area contributed by atoms with Gasteiger partial charge >= 0.3 is 0 Å². The highest BCUT2D eigenvalue weighted by Gasteiger charge is 2.26. The number of imidazole rings is 1. The van der Waals surface area contributed by atoms with Crippen molar-refractivity contribution >= 4 is 54.2 Å². The molecule has 1 N–H and O–H groups in total. The van der Waals surface area contributed by atoms with E-state index in [0.29, 0.717) is 0 Å². The Hall–Kier alpha value is -1.99. The van der Waals surface area contributed by atoms with Crippen LogP contribution in [0.15, 0.2) is 64.7 Å². The average molecular weight is 477 g/mol. The first-order chi connectivity index (χ1) is 14.3. The number of nitrogens with zero attached hydrogens (tertiary/aromatic N) is 3. The fourth-order valence-electron chi connectivity index (χ4n) is 4.16. The first-order valence-corrected chi connectivity index (χ1v) is 11.0. The number of carbonyl (C=O) groups excluding carboxylic acids is 1. The van der Waals surface area contributed by atoms with Crippen LogP contribution >= 0.6 is 36.6 Å². The van der Waals surface area contributed by atoms with E-state index in [2.05, 4.69) is 49.9 Å². The van der Waals surface area contributed by atoms with Crippen molar-refractivity contribution < 1.29 is 4.79 Å². The molecule has 0 radical (unpaired) electrons. The van der Waals surface area contributed by atoms with E-state index in [9.17, 15) is 4.79 Å². The number of aryl methyl sites for hydroxylation is 1. The van der Waals surface area contributed by atoms with Crippen LogP contribution in [0.4, 0.5) is 0 Å². The first-order valence-electron chi connectivity index (χ1n) is 10.2. The molecule has 164 valence electrons. The zero-order valence-corrected chi connectivity index (χ0v) is 19.5. The number of hydrogen-bond donors (Lipinski definition) is 1. The number of benzene rings is 1. The van der Waals surface area contributed by atoms with Crippen molar-refractivity contribution in [1.82, 2.24) is 19.6 Å². The molecule has 1 atom stereocenters. The van der Waals surface area contributed by atoms with E-state index in [1.807, 2.05) is 30.5 Å². The molecule has 1 fully saturated rings. The monoisotopic (exact) mass is 476 g/mol. The Morgan fingerprint density at radius 1 is 1.13 bits per heavy atom. The van der Waals surface area contributed by atoms with Gasteiger partial charge in [0.1, 0.15) is 5.65 Å². The summed E-state index contributed by atoms with van der Waals surface area (Å²) in [6.45, 7) is 3.07. The SMILES string of the molecule is Cl.Cl.O=C(N[C@H]1CCN(CCCc2ccccc2)C1)C1=Cc2cnc3cccc(n23)S1. The minimum Gasteiger partial charge on any atom is -0.348 e. The second-order valence-corrected chi connectivity index (χ2v) is 8.76. The molecule has 2 aliphatic heterocycles. The molecule has 4 heterocycles. The molecule has 2 aliphatic rings. The second-order valence-electron chi connectivity index (χ2n) is 7.70. The molecule has 3 aromatic rings. The number of likely N-dealkylation sites (tertiary alicyclic amines) is 1. The van der Waals surface area contributed by atoms with Crippen molar-refractivity contribution in [2.24, 2.45) is 0 Å². The lowest BCUT2D eigenvalue weighted by Gasteiger charge is -2.19. The quantitative estimate of drug-likeness (QED) is 0.570. The third-order valence-corrected chi connectivity index (χ3v) is 6.68. The van der Waals surface area contributed by atoms with Crippen molar-refractivity contribution in [3.8, 4) is 0 Å². The van der Waals surface area contributed by atoms with Crippen LogP contribution in [0.3, 0.4) is 0 Å². The van der Waals surface area contributed by atoms with Gasteiger partial charge in [-0.05, 0) is 49.6 Å². The highest BCUT2D eigenvalue weighted by Crippen LogP contribution is 2.34. The fourth-order valence-corrected chi connectivity index (χ4v) is 5.15. The van der Waals surface area contributed by atoms with E-state index in [0.717, 1.165) is 60.2 Å². The van der Waals surface area contributed by atoms with Gasteiger partial charge in [-0.2, -0.15) is 0 Å². The van der Waals surface area contributed by atoms with Gasteiger partial charge in [0, 0.05) is 19.1 Å². The lowest BCUT2D eigenvalue weighted by molar-refractivity contribution is -0.117. The minimum absolute atomic E-state index is 0. The summed E-state index contributed by atoms with van der Waals surface area (Å²) in [5.74, 6) is 0.0237. The van der Waals surface area contributed by atoms with Crippen molar-refractivity contribution in [2.45, 2.75) is 30.3 Å². The minimum atomic E-state index is 0. The number of pyridine rings is 1. The normalized spacial score (nSPS) is 17.5. The van der Waals surface area contributed by atoms with Crippen molar-refractivity contribution in [3.05, 3.63) is 70.9 Å². The van der Waals surface area contributed by atoms with E-state index in [4.69, 9.17) is 0 Å². The zero-order valence-electron chi connectivity index (χ0n) is 17.1. The van der Waals surface area contributed by atoms with Gasteiger partial charge in [0.2, 0.25) is 0 Å². The summed E-state index contributed by atoms with van der Waals surface area (Å²) in [6.07, 6.45) is 7.05. The predicted molar refractivity (Wildman–Crippen MR) is 131 cm³/mol. The third-order valence-electron chi connectivity index (χ3n) is 5.63. The van der Waals surface area contributed by atoms with Gasteiger partial charge in [-0.25, -0.2) is 4.98 Å². The van der Waals surface area contributed by atoms with E-state index in [1.165, 1.54) is 17.3 Å². The van der Waals surface area contributed by atoms with Crippen LogP contribution in [-0.2, 0) is 11.2 Å². The van der Waals surface area contributed by atoms with E-state index < -0.39 is 0 Å². The van der Waals surface area contributed by atoms with E-state index >= 15 is 0 Å². The molecule has 0 aliphatic carbocycles. The number of hydrogen-bond acceptors (Lipinski definition) is 4. The molecule has 0 saturated carbocycles. The third kappa shape index (κ3) is 5.26. The lowest BCUT2D eigenvalue weighted by atomic mass is 10.1. The summed E-state index contributed by atoms with van der Waals surface area (Å²) in [6, 6.07) is 16.9. The Balaban J connectivity index is 0.00000136. The van der Waals surface area contributed by atoms with Gasteiger partial charge < -0.3 is 10.2 Å². The van der Waals surface area contributed by atoms with Crippen LogP contribution in [0.25, 0.3) is 11.7 Å². The zero-order chi connectivity index (χ0) is 19.6. The number of amides is 1. The molecule has 8 heteroatoms. The summed E-state index contributed by atoms with van der Waals surface area (Å²) >= 11 is 1.52. The van der Waals surface area contributed by atoms with Gasteiger partial charge in [-0.3, -0.25) is 9.20 Å². The average Bonchev–Trinajstić information content (AvgIpc) is 3.37. The van der Waals surface area contributed by atoms with Gasteiger partial charge in [0.05, 0.1) is 21.8 Å². The Bertz CT molecular complexity index is 1070. The maximum atomic E-state index is 12.9. The predicted octanol–water partition coefficient (Wildman–Crippen LogP) is 4.45. The van der Waals surface area contributed by atoms with Crippen LogP contribution in [-0.4, -0.2) is 45.9 Å². The second kappa shape index (κ2) is 10.6. The maximum absolute atomic E-state index is 12.9. The van der Waals surface area contributed by atoms with E-state index in [-0.39, 0.29) is 36.8 Å². The summed E-state index contributed by atoms with van der Waals surface area (Å²) in [5, 5.41) is 4.28. The Labute approximate surface area is 199 Å². The van der Waals surface area contributed by atoms with Crippen molar-refractivity contribution in [3.63, 3.8) is 0 Å². The van der Waals surface area contributed by atoms with Gasteiger partial charge in [0.25, 0.3) is 5.91 Å². The molecule has 5 nitrogen and oxygen atoms in total. The van der Waals surface area contributed by atoms with Crippen molar-refractivity contribution in [1.29, 1.82) is 0 Å². The maximum Gasteiger partial charge on any atom is 0.258 e. The van der Waals surface area contributed by atoms with Crippen LogP contribution in [0.1, 0.15) is 24.1 Å². The number of aromatic nitrogens is 2. The molecule has 1 aromatic carbocycles. The number of halogens is 2. The van der Waals surface area contributed by atoms with Gasteiger partial charge in [-0.15, -0.1) is 24.8 Å². The number of rotatable bonds is 6. The van der Waals surface area contributed by atoms with E-state index in [1.54, 1.807) is 0 Å². The molecule has 0 spiro atoms. The lowest BCUT2D eigenvalue weighted by Crippen LogP contribution is -2.37. The molecule has 5 rings (SSSR count). The smallest absolute Gasteiger partial charge is 0.258 e. The Morgan fingerprint density at radius 2 is 1.97 bits per heavy atom. The Kier molecular flexibility index (Phi) is 8.06. The topological polar surface area (TPSA) is 49.6 Å². The number of thioether (sulfide) groups is 1. The highest BCUT2D eigenvalue weighted by molar-refractivity contribution is 8.04. The molecule has 2 aromatic heterocycles. The standard InChI is InChI=1S/C23H24N4OS.2ClH/c28-23(20-14-19-15-24-21-9-4-10-22(29-20)27(19)21)25-18-11-13-26(16-18)12-5-8-17-6-2-1-3-7-17;;/h1-4,6-7,9-10,14-15,18H,5,8,11-13,16H2,(H,25,28);2*1H/t18-;;/m0../s1. The van der Waals surface area contributed by atoms with Crippen molar-refractivity contribution in [2.75, 3.05) is 19.6 Å². The largest absolute Gasteiger partial charge is 0.348 e. The van der Waals surface area contributed by atoms with Crippen LogP contribution in [0.5, 0.6) is 0 Å². The molecule has 0 bridgehead atoms. The summed E-state index contributed by atoms with van der Waals surface area (Å²) in [5.41, 5.74) is 3.28. The fraction of sp³-hybridized carbons (Fsp3) is 0.304. The molecule has 31 heavy (non-hydrogen) atoms. The summed E-state index contributed by atoms with van der Waals surface area (Å²) < 4.78 is 2.09. The van der Waals surface area contributed by atoms with Gasteiger partial charge in [-0.1, -0.05) is 48.2 Å². The summed E-state index contributed by atoms with van der Waals surface area (Å²) in [4.78, 5) is 20.5. The van der Waals surface area contributed by atoms with Crippen LogP contribution in [0, 0.1) is 0 Å². The molecular weight excluding hydrogens is 451 g/mol. The molecule has 0 unspecified atom stereocenters. The summed E-state index contributed by atoms with van der Waals surface area (Å²) in [7, 11) is 0. The number of nitrogens with one attached hydrogen (secondary N) is 1. The Morgan fingerprint density at radius 3 is 2.81 bits per heavy atom.